The van der Waals surface area contributed by atoms with Crippen LogP contribution in [0.4, 0.5) is 34.1 Å². The maximum Gasteiger partial charge on any atom is 0.0619 e. The van der Waals surface area contributed by atoms with Crippen molar-refractivity contribution < 1.29 is 0 Å². The van der Waals surface area contributed by atoms with E-state index in [1.807, 2.05) is 0 Å². The number of fused-ring (bicyclic) bond motifs is 5. The van der Waals surface area contributed by atoms with Crippen molar-refractivity contribution >= 4 is 55.8 Å². The first kappa shape index (κ1) is 46.6. The number of para-hydroxylation sites is 2. The number of aromatic nitrogens is 1. The molecular formula is C75H55N3. The normalized spacial score (nSPS) is 12.3. The lowest BCUT2D eigenvalue weighted by Gasteiger charge is -2.29. The summed E-state index contributed by atoms with van der Waals surface area (Å²) in [6.07, 6.45) is 0. The summed E-state index contributed by atoms with van der Waals surface area (Å²) in [5, 5.41) is 3.66. The highest BCUT2D eigenvalue weighted by Crippen LogP contribution is 2.53. The summed E-state index contributed by atoms with van der Waals surface area (Å²) >= 11 is 0. The van der Waals surface area contributed by atoms with Crippen molar-refractivity contribution in [3.63, 3.8) is 0 Å². The molecule has 1 aromatic heterocycles. The molecule has 3 heteroatoms. The number of hydrogen-bond acceptors (Lipinski definition) is 2. The lowest BCUT2D eigenvalue weighted by Crippen LogP contribution is -2.17. The van der Waals surface area contributed by atoms with Gasteiger partial charge in [0.05, 0.1) is 16.9 Å². The molecule has 370 valence electrons. The topological polar surface area (TPSA) is 11.4 Å². The molecule has 0 spiro atoms. The molecule has 0 saturated heterocycles. The van der Waals surface area contributed by atoms with Crippen molar-refractivity contribution in [2.45, 2.75) is 19.3 Å². The molecule has 3 nitrogen and oxygen atoms in total. The first-order valence-corrected chi connectivity index (χ1v) is 27.0. The van der Waals surface area contributed by atoms with Gasteiger partial charge in [-0.15, -0.1) is 0 Å². The van der Waals surface area contributed by atoms with Gasteiger partial charge in [0.15, 0.2) is 0 Å². The van der Waals surface area contributed by atoms with Crippen LogP contribution in [0.2, 0.25) is 0 Å². The third kappa shape index (κ3) is 8.07. The number of benzene rings is 12. The van der Waals surface area contributed by atoms with E-state index < -0.39 is 0 Å². The molecule has 0 amide bonds. The first-order valence-electron chi connectivity index (χ1n) is 27.0. The van der Waals surface area contributed by atoms with E-state index in [1.165, 1.54) is 94.3 Å². The van der Waals surface area contributed by atoms with Crippen LogP contribution in [0.25, 0.3) is 83.1 Å². The second-order valence-electron chi connectivity index (χ2n) is 20.9. The third-order valence-electron chi connectivity index (χ3n) is 16.0. The van der Waals surface area contributed by atoms with Gasteiger partial charge in [0.1, 0.15) is 0 Å². The van der Waals surface area contributed by atoms with Crippen molar-refractivity contribution in [2.75, 3.05) is 9.80 Å². The van der Waals surface area contributed by atoms with Crippen LogP contribution in [0, 0.1) is 0 Å². The molecular weight excluding hydrogens is 943 g/mol. The van der Waals surface area contributed by atoms with Gasteiger partial charge in [-0.25, -0.2) is 0 Å². The second-order valence-corrected chi connectivity index (χ2v) is 20.9. The van der Waals surface area contributed by atoms with Gasteiger partial charge in [0.25, 0.3) is 0 Å². The monoisotopic (exact) mass is 997 g/mol. The van der Waals surface area contributed by atoms with E-state index in [0.717, 1.165) is 34.1 Å². The lowest BCUT2D eigenvalue weighted by molar-refractivity contribution is 0.660. The zero-order valence-corrected chi connectivity index (χ0v) is 43.6. The maximum atomic E-state index is 2.50. The molecule has 0 N–H and O–H groups in total. The van der Waals surface area contributed by atoms with E-state index in [-0.39, 0.29) is 5.41 Å². The minimum absolute atomic E-state index is 0.285. The molecule has 12 aromatic carbocycles. The van der Waals surface area contributed by atoms with Crippen LogP contribution < -0.4 is 9.80 Å². The lowest BCUT2D eigenvalue weighted by atomic mass is 9.81. The minimum Gasteiger partial charge on any atom is -0.311 e. The summed E-state index contributed by atoms with van der Waals surface area (Å²) in [5.41, 5.74) is 23.4. The van der Waals surface area contributed by atoms with Gasteiger partial charge in [0.2, 0.25) is 0 Å². The Hall–Kier alpha value is -9.96. The summed E-state index contributed by atoms with van der Waals surface area (Å²) in [5.74, 6) is 0. The fraction of sp³-hybridized carbons (Fsp3) is 0.0400. The fourth-order valence-corrected chi connectivity index (χ4v) is 12.2. The predicted molar refractivity (Wildman–Crippen MR) is 329 cm³/mol. The van der Waals surface area contributed by atoms with E-state index in [2.05, 4.69) is 325 Å². The summed E-state index contributed by atoms with van der Waals surface area (Å²) < 4.78 is 2.50. The molecule has 0 atom stereocenters. The van der Waals surface area contributed by atoms with Crippen molar-refractivity contribution in [3.8, 4) is 61.5 Å². The third-order valence-corrected chi connectivity index (χ3v) is 16.0. The van der Waals surface area contributed by atoms with Crippen LogP contribution >= 0.6 is 0 Å². The average molecular weight is 998 g/mol. The van der Waals surface area contributed by atoms with Gasteiger partial charge in [-0.1, -0.05) is 214 Å². The zero-order valence-electron chi connectivity index (χ0n) is 43.6. The highest BCUT2D eigenvalue weighted by atomic mass is 15.2. The van der Waals surface area contributed by atoms with E-state index in [0.29, 0.717) is 0 Å². The Kier molecular flexibility index (Phi) is 11.5. The number of anilines is 6. The molecule has 78 heavy (non-hydrogen) atoms. The number of hydrogen-bond donors (Lipinski definition) is 0. The standard InChI is InChI=1S/C75H55N3/c1-75(2)69-50-58(57-38-48-72-68(49-57)73(55-24-10-4-11-25-55)74(56-26-12-5-13-27-56)78(72)71-34-20-28-54-23-18-19-33-65(54)71)37-46-66(69)67-47-45-64(51-70(67)75)77(61-39-35-53(36-40-61)52-21-8-3-9-22-52)63-43-41-62(42-44-63)76(59-29-14-6-15-30-59)60-31-16-7-17-32-60/h3-51H,1-2H3. The predicted octanol–water partition coefficient (Wildman–Crippen LogP) is 20.7. The highest BCUT2D eigenvalue weighted by Gasteiger charge is 2.37. The Labute approximate surface area is 456 Å². The van der Waals surface area contributed by atoms with E-state index >= 15 is 0 Å². The van der Waals surface area contributed by atoms with Gasteiger partial charge < -0.3 is 14.4 Å². The van der Waals surface area contributed by atoms with Crippen LogP contribution in [-0.4, -0.2) is 4.57 Å². The number of rotatable bonds is 11. The molecule has 13 aromatic rings. The van der Waals surface area contributed by atoms with Gasteiger partial charge >= 0.3 is 0 Å². The average Bonchev–Trinajstić information content (AvgIpc) is 4.21. The van der Waals surface area contributed by atoms with Gasteiger partial charge in [-0.2, -0.15) is 0 Å². The van der Waals surface area contributed by atoms with Gasteiger partial charge in [-0.05, 0) is 158 Å². The molecule has 1 aliphatic carbocycles. The molecule has 0 radical (unpaired) electrons. The molecule has 14 rings (SSSR count). The Morgan fingerprint density at radius 1 is 0.295 bits per heavy atom. The van der Waals surface area contributed by atoms with Crippen LogP contribution in [0.5, 0.6) is 0 Å². The summed E-state index contributed by atoms with van der Waals surface area (Å²) in [6.45, 7) is 4.79. The molecule has 0 fully saturated rings. The van der Waals surface area contributed by atoms with Crippen molar-refractivity contribution in [1.29, 1.82) is 0 Å². The molecule has 1 heterocycles. The van der Waals surface area contributed by atoms with Gasteiger partial charge in [0, 0.05) is 55.9 Å². The smallest absolute Gasteiger partial charge is 0.0619 e. The van der Waals surface area contributed by atoms with Crippen LogP contribution in [-0.2, 0) is 5.41 Å². The molecule has 1 aliphatic rings. The Bertz CT molecular complexity index is 4250. The second kappa shape index (κ2) is 19.3. The quantitative estimate of drug-likeness (QED) is 0.128. The maximum absolute atomic E-state index is 2.50. The van der Waals surface area contributed by atoms with Crippen LogP contribution in [0.15, 0.2) is 297 Å². The Balaban J connectivity index is 0.874. The van der Waals surface area contributed by atoms with Crippen molar-refractivity contribution in [1.82, 2.24) is 4.57 Å². The number of nitrogens with zero attached hydrogens (tertiary/aromatic N) is 3. The van der Waals surface area contributed by atoms with Crippen molar-refractivity contribution in [3.05, 3.63) is 308 Å². The highest BCUT2D eigenvalue weighted by molar-refractivity contribution is 6.09. The first-order chi connectivity index (χ1) is 38.5. The zero-order chi connectivity index (χ0) is 52.2. The minimum atomic E-state index is -0.285. The molecule has 0 bridgehead atoms. The van der Waals surface area contributed by atoms with Crippen molar-refractivity contribution in [2.24, 2.45) is 0 Å². The largest absolute Gasteiger partial charge is 0.311 e. The Morgan fingerprint density at radius 3 is 1.35 bits per heavy atom. The molecule has 0 aliphatic heterocycles. The van der Waals surface area contributed by atoms with Gasteiger partial charge in [-0.3, -0.25) is 0 Å². The van der Waals surface area contributed by atoms with Crippen LogP contribution in [0.1, 0.15) is 25.0 Å². The molecule has 0 saturated carbocycles. The Morgan fingerprint density at radius 2 is 0.718 bits per heavy atom. The fourth-order valence-electron chi connectivity index (χ4n) is 12.2. The summed E-state index contributed by atoms with van der Waals surface area (Å²) in [6, 6.07) is 108. The summed E-state index contributed by atoms with van der Waals surface area (Å²) in [7, 11) is 0. The van der Waals surface area contributed by atoms with E-state index in [1.54, 1.807) is 0 Å². The van der Waals surface area contributed by atoms with E-state index in [9.17, 15) is 0 Å². The van der Waals surface area contributed by atoms with E-state index in [4.69, 9.17) is 0 Å². The molecule has 0 unspecified atom stereocenters. The summed E-state index contributed by atoms with van der Waals surface area (Å²) in [4.78, 5) is 4.73. The SMILES string of the molecule is CC1(C)c2cc(-c3ccc4c(c3)c(-c3ccccc3)c(-c3ccccc3)n4-c3cccc4ccccc34)ccc2-c2ccc(N(c3ccc(-c4ccccc4)cc3)c3ccc(N(c4ccccc4)c4ccccc4)cc3)cc21. The van der Waals surface area contributed by atoms with Crippen LogP contribution in [0.3, 0.4) is 0 Å².